The van der Waals surface area contributed by atoms with Gasteiger partial charge >= 0.3 is 12.1 Å². The van der Waals surface area contributed by atoms with Crippen LogP contribution in [0.4, 0.5) is 13.2 Å². The lowest BCUT2D eigenvalue weighted by Crippen LogP contribution is -2.46. The number of rotatable bonds is 2. The largest absolute Gasteiger partial charge is 0.471 e. The Kier molecular flexibility index (Phi) is 3.33. The maximum absolute atomic E-state index is 12.4. The third kappa shape index (κ3) is 2.49. The van der Waals surface area contributed by atoms with Crippen molar-refractivity contribution in [1.29, 1.82) is 0 Å². The predicted molar refractivity (Wildman–Crippen MR) is 54.4 cm³/mol. The van der Waals surface area contributed by atoms with E-state index in [4.69, 9.17) is 10.5 Å². The van der Waals surface area contributed by atoms with E-state index in [-0.39, 0.29) is 11.9 Å². The number of nitrogens with zero attached hydrogens (tertiary/aromatic N) is 2. The van der Waals surface area contributed by atoms with E-state index in [1.165, 1.54) is 0 Å². The molecule has 2 heterocycles. The average molecular weight is 265 g/mol. The zero-order chi connectivity index (χ0) is 13.4. The molecule has 1 aliphatic heterocycles. The minimum atomic E-state index is -4.64. The van der Waals surface area contributed by atoms with Crippen molar-refractivity contribution in [2.45, 2.75) is 44.0 Å². The summed E-state index contributed by atoms with van der Waals surface area (Å²) in [6, 6.07) is 0. The van der Waals surface area contributed by atoms with Gasteiger partial charge in [-0.15, -0.1) is 0 Å². The summed E-state index contributed by atoms with van der Waals surface area (Å²) in [5.74, 6) is -1.46. The van der Waals surface area contributed by atoms with Crippen LogP contribution in [0.15, 0.2) is 4.52 Å². The first kappa shape index (κ1) is 13.3. The highest BCUT2D eigenvalue weighted by Crippen LogP contribution is 2.34. The Bertz CT molecular complexity index is 421. The molecule has 18 heavy (non-hydrogen) atoms. The van der Waals surface area contributed by atoms with Crippen LogP contribution in [0.2, 0.25) is 0 Å². The van der Waals surface area contributed by atoms with E-state index in [0.717, 1.165) is 6.42 Å². The minimum absolute atomic E-state index is 0.0865. The van der Waals surface area contributed by atoms with E-state index < -0.39 is 17.6 Å². The molecule has 2 unspecified atom stereocenters. The minimum Gasteiger partial charge on any atom is -0.378 e. The lowest BCUT2D eigenvalue weighted by molar-refractivity contribution is -0.159. The Labute approximate surface area is 101 Å². The number of ether oxygens (including phenoxy) is 1. The average Bonchev–Trinajstić information content (AvgIpc) is 2.78. The van der Waals surface area contributed by atoms with E-state index >= 15 is 0 Å². The monoisotopic (exact) mass is 265 g/mol. The highest BCUT2D eigenvalue weighted by atomic mass is 19.4. The summed E-state index contributed by atoms with van der Waals surface area (Å²) in [6.07, 6.45) is -3.22. The van der Waals surface area contributed by atoms with Gasteiger partial charge in [-0.2, -0.15) is 18.2 Å². The van der Waals surface area contributed by atoms with Crippen molar-refractivity contribution in [2.75, 3.05) is 6.61 Å². The highest BCUT2D eigenvalue weighted by Gasteiger charge is 2.43. The Balaban J connectivity index is 2.22. The molecule has 2 rings (SSSR count). The molecule has 0 aliphatic carbocycles. The van der Waals surface area contributed by atoms with Crippen LogP contribution in [0.25, 0.3) is 0 Å². The first-order chi connectivity index (χ1) is 8.35. The Hall–Kier alpha value is -1.15. The smallest absolute Gasteiger partial charge is 0.378 e. The molecule has 5 nitrogen and oxygen atoms in total. The second-order valence-electron chi connectivity index (χ2n) is 4.43. The van der Waals surface area contributed by atoms with Crippen LogP contribution in [0.1, 0.15) is 37.9 Å². The Morgan fingerprint density at radius 3 is 2.78 bits per heavy atom. The molecular weight excluding hydrogens is 251 g/mol. The maximum atomic E-state index is 12.4. The molecule has 102 valence electrons. The first-order valence-corrected chi connectivity index (χ1v) is 5.67. The molecular formula is C10H14F3N3O2. The maximum Gasteiger partial charge on any atom is 0.471 e. The van der Waals surface area contributed by atoms with Gasteiger partial charge in [0.2, 0.25) is 0 Å². The lowest BCUT2D eigenvalue weighted by atomic mass is 9.86. The number of alkyl halides is 3. The van der Waals surface area contributed by atoms with E-state index in [2.05, 4.69) is 14.7 Å². The third-order valence-corrected chi connectivity index (χ3v) is 3.06. The molecule has 1 aromatic rings. The normalized spacial score (nSPS) is 29.5. The molecule has 0 aromatic carbocycles. The molecule has 1 fully saturated rings. The summed E-state index contributed by atoms with van der Waals surface area (Å²) in [4.78, 5) is 3.36. The lowest BCUT2D eigenvalue weighted by Gasteiger charge is -2.35. The van der Waals surface area contributed by atoms with Gasteiger partial charge in [-0.05, 0) is 19.3 Å². The predicted octanol–water partition coefficient (Wildman–Crippen LogP) is 1.83. The number of hydrogen-bond donors (Lipinski definition) is 1. The standard InChI is InChI=1S/C10H14F3N3O2/c1-2-6-5-9(14,3-4-17-6)7-15-8(18-16-7)10(11,12)13/h6H,2-5,14H2,1H3. The molecule has 1 aromatic heterocycles. The van der Waals surface area contributed by atoms with Gasteiger partial charge in [0.05, 0.1) is 11.6 Å². The summed E-state index contributed by atoms with van der Waals surface area (Å²) in [6.45, 7) is 2.30. The zero-order valence-electron chi connectivity index (χ0n) is 9.83. The van der Waals surface area contributed by atoms with Crippen LogP contribution < -0.4 is 5.73 Å². The Morgan fingerprint density at radius 2 is 2.22 bits per heavy atom. The van der Waals surface area contributed by atoms with Crippen LogP contribution in [0.3, 0.4) is 0 Å². The molecule has 0 saturated carbocycles. The second-order valence-corrected chi connectivity index (χ2v) is 4.43. The van der Waals surface area contributed by atoms with E-state index in [1.807, 2.05) is 6.92 Å². The van der Waals surface area contributed by atoms with Gasteiger partial charge in [-0.1, -0.05) is 12.1 Å². The molecule has 1 saturated heterocycles. The van der Waals surface area contributed by atoms with Gasteiger partial charge in [0, 0.05) is 6.61 Å². The molecule has 2 N–H and O–H groups in total. The van der Waals surface area contributed by atoms with E-state index in [0.29, 0.717) is 19.4 Å². The molecule has 1 aliphatic rings. The molecule has 0 spiro atoms. The van der Waals surface area contributed by atoms with Gasteiger partial charge < -0.3 is 15.0 Å². The van der Waals surface area contributed by atoms with Gasteiger partial charge in [0.1, 0.15) is 0 Å². The zero-order valence-corrected chi connectivity index (χ0v) is 9.83. The fourth-order valence-electron chi connectivity index (χ4n) is 1.98. The number of nitrogens with two attached hydrogens (primary N) is 1. The van der Waals surface area contributed by atoms with Crippen LogP contribution in [0, 0.1) is 0 Å². The van der Waals surface area contributed by atoms with Crippen molar-refractivity contribution in [2.24, 2.45) is 5.73 Å². The molecule has 8 heteroatoms. The van der Waals surface area contributed by atoms with Gasteiger partial charge in [0.25, 0.3) is 0 Å². The van der Waals surface area contributed by atoms with Crippen molar-refractivity contribution in [3.63, 3.8) is 0 Å². The highest BCUT2D eigenvalue weighted by molar-refractivity contribution is 5.07. The van der Waals surface area contributed by atoms with Crippen LogP contribution in [-0.2, 0) is 16.5 Å². The van der Waals surface area contributed by atoms with Crippen LogP contribution >= 0.6 is 0 Å². The molecule has 2 atom stereocenters. The van der Waals surface area contributed by atoms with E-state index in [9.17, 15) is 13.2 Å². The van der Waals surface area contributed by atoms with Crippen molar-refractivity contribution in [1.82, 2.24) is 10.1 Å². The summed E-state index contributed by atoms with van der Waals surface area (Å²) in [5.41, 5.74) is 5.06. The van der Waals surface area contributed by atoms with Crippen molar-refractivity contribution < 1.29 is 22.4 Å². The van der Waals surface area contributed by atoms with Gasteiger partial charge in [-0.3, -0.25) is 0 Å². The number of halogens is 3. The summed E-state index contributed by atoms with van der Waals surface area (Å²) < 4.78 is 46.8. The van der Waals surface area contributed by atoms with Crippen LogP contribution in [-0.4, -0.2) is 22.9 Å². The van der Waals surface area contributed by atoms with Gasteiger partial charge in [-0.25, -0.2) is 0 Å². The second kappa shape index (κ2) is 4.51. The summed E-state index contributed by atoms with van der Waals surface area (Å²) in [7, 11) is 0. The molecule has 0 radical (unpaired) electrons. The summed E-state index contributed by atoms with van der Waals surface area (Å²) in [5, 5.41) is 3.36. The number of aromatic nitrogens is 2. The topological polar surface area (TPSA) is 74.2 Å². The quantitative estimate of drug-likeness (QED) is 0.883. The molecule has 0 bridgehead atoms. The SMILES string of the molecule is CCC1CC(N)(c2noc(C(F)(F)F)n2)CCO1. The van der Waals surface area contributed by atoms with Crippen LogP contribution in [0.5, 0.6) is 0 Å². The van der Waals surface area contributed by atoms with Crippen molar-refractivity contribution in [3.05, 3.63) is 11.7 Å². The van der Waals surface area contributed by atoms with Gasteiger partial charge in [0.15, 0.2) is 5.82 Å². The van der Waals surface area contributed by atoms with Crippen molar-refractivity contribution in [3.8, 4) is 0 Å². The van der Waals surface area contributed by atoms with E-state index in [1.54, 1.807) is 0 Å². The molecule has 0 amide bonds. The fraction of sp³-hybridized carbons (Fsp3) is 0.800. The fourth-order valence-corrected chi connectivity index (χ4v) is 1.98. The number of hydrogen-bond acceptors (Lipinski definition) is 5. The Morgan fingerprint density at radius 1 is 1.50 bits per heavy atom. The summed E-state index contributed by atoms with van der Waals surface area (Å²) >= 11 is 0. The third-order valence-electron chi connectivity index (χ3n) is 3.06. The van der Waals surface area contributed by atoms with Crippen molar-refractivity contribution >= 4 is 0 Å². The first-order valence-electron chi connectivity index (χ1n) is 5.67.